The van der Waals surface area contributed by atoms with Gasteiger partial charge >= 0.3 is 18.2 Å². The first-order valence-electron chi connectivity index (χ1n) is 14.9. The predicted octanol–water partition coefficient (Wildman–Crippen LogP) is 5.55. The second kappa shape index (κ2) is 13.3. The Bertz CT molecular complexity index is 1690. The molecule has 3 aromatic carbocycles. The molecule has 45 heavy (non-hydrogen) atoms. The predicted molar refractivity (Wildman–Crippen MR) is 169 cm³/mol. The fourth-order valence-electron chi connectivity index (χ4n) is 5.58. The number of aromatic nitrogens is 1. The molecule has 1 aromatic heterocycles. The van der Waals surface area contributed by atoms with Gasteiger partial charge in [-0.2, -0.15) is 0 Å². The standard InChI is InChI=1S/C35H37N3O7/c1-5-43-31(39)19-36-32(40)29(18-22-20-38(34(42)45-35(2,3)4)30-17-11-10-12-23(22)30)37-33(41)44-21-28-26-15-8-6-13-24(26)25-14-7-9-16-27(25)28/h6-17,20,28-29H,5,18-19,21H2,1-4H3,(H,36,40)(H,37,41)/t29-/m0/s1. The van der Waals surface area contributed by atoms with E-state index >= 15 is 0 Å². The lowest BCUT2D eigenvalue weighted by molar-refractivity contribution is -0.143. The summed E-state index contributed by atoms with van der Waals surface area (Å²) in [5.74, 6) is -1.37. The Balaban J connectivity index is 1.36. The second-order valence-corrected chi connectivity index (χ2v) is 11.8. The molecule has 234 valence electrons. The van der Waals surface area contributed by atoms with Crippen LogP contribution < -0.4 is 10.6 Å². The van der Waals surface area contributed by atoms with Crippen LogP contribution in [0.2, 0.25) is 0 Å². The number of fused-ring (bicyclic) bond motifs is 4. The molecule has 2 N–H and O–H groups in total. The van der Waals surface area contributed by atoms with Gasteiger partial charge < -0.3 is 24.8 Å². The monoisotopic (exact) mass is 611 g/mol. The summed E-state index contributed by atoms with van der Waals surface area (Å²) in [6, 6.07) is 22.1. The molecule has 1 atom stereocenters. The maximum atomic E-state index is 13.4. The molecule has 0 aliphatic heterocycles. The molecule has 1 heterocycles. The molecular weight excluding hydrogens is 574 g/mol. The molecule has 5 rings (SSSR count). The number of hydrogen-bond acceptors (Lipinski definition) is 7. The Labute approximate surface area is 261 Å². The number of esters is 1. The Morgan fingerprint density at radius 2 is 1.49 bits per heavy atom. The van der Waals surface area contributed by atoms with Gasteiger partial charge in [-0.05, 0) is 61.6 Å². The number of benzene rings is 3. The van der Waals surface area contributed by atoms with Gasteiger partial charge in [-0.1, -0.05) is 66.7 Å². The van der Waals surface area contributed by atoms with Crippen molar-refractivity contribution in [1.82, 2.24) is 15.2 Å². The van der Waals surface area contributed by atoms with Crippen molar-refractivity contribution in [3.63, 3.8) is 0 Å². The van der Waals surface area contributed by atoms with E-state index in [0.717, 1.165) is 22.3 Å². The van der Waals surface area contributed by atoms with E-state index in [1.54, 1.807) is 46.0 Å². The number of nitrogens with one attached hydrogen (secondary N) is 2. The molecule has 0 radical (unpaired) electrons. The van der Waals surface area contributed by atoms with Gasteiger partial charge in [-0.3, -0.25) is 14.2 Å². The zero-order valence-electron chi connectivity index (χ0n) is 25.8. The van der Waals surface area contributed by atoms with Crippen LogP contribution in [0.5, 0.6) is 0 Å². The number of ether oxygens (including phenoxy) is 3. The average molecular weight is 612 g/mol. The minimum Gasteiger partial charge on any atom is -0.465 e. The number of carbonyl (C=O) groups is 4. The summed E-state index contributed by atoms with van der Waals surface area (Å²) < 4.78 is 17.6. The number of nitrogens with zero attached hydrogens (tertiary/aromatic N) is 1. The van der Waals surface area contributed by atoms with Gasteiger partial charge in [0.05, 0.1) is 12.1 Å². The second-order valence-electron chi connectivity index (χ2n) is 11.8. The van der Waals surface area contributed by atoms with E-state index in [1.807, 2.05) is 60.7 Å². The molecule has 4 aromatic rings. The molecule has 0 fully saturated rings. The van der Waals surface area contributed by atoms with E-state index in [4.69, 9.17) is 14.2 Å². The van der Waals surface area contributed by atoms with Crippen molar-refractivity contribution in [1.29, 1.82) is 0 Å². The van der Waals surface area contributed by atoms with Gasteiger partial charge in [0.25, 0.3) is 0 Å². The summed E-state index contributed by atoms with van der Waals surface area (Å²) >= 11 is 0. The van der Waals surface area contributed by atoms with Crippen molar-refractivity contribution in [3.8, 4) is 11.1 Å². The van der Waals surface area contributed by atoms with Crippen LogP contribution in [0.3, 0.4) is 0 Å². The van der Waals surface area contributed by atoms with Gasteiger partial charge in [0.1, 0.15) is 24.8 Å². The van der Waals surface area contributed by atoms with E-state index in [9.17, 15) is 19.2 Å². The van der Waals surface area contributed by atoms with Gasteiger partial charge in [0, 0.05) is 23.9 Å². The van der Waals surface area contributed by atoms with Gasteiger partial charge in [-0.15, -0.1) is 0 Å². The van der Waals surface area contributed by atoms with E-state index in [2.05, 4.69) is 10.6 Å². The zero-order chi connectivity index (χ0) is 32.1. The molecule has 10 nitrogen and oxygen atoms in total. The summed E-state index contributed by atoms with van der Waals surface area (Å²) in [4.78, 5) is 51.6. The summed E-state index contributed by atoms with van der Waals surface area (Å²) in [7, 11) is 0. The fraction of sp³-hybridized carbons (Fsp3) is 0.314. The normalized spacial score (nSPS) is 13.0. The van der Waals surface area contributed by atoms with Gasteiger partial charge in [0.2, 0.25) is 5.91 Å². The third-order valence-corrected chi connectivity index (χ3v) is 7.47. The molecular formula is C35H37N3O7. The number of para-hydroxylation sites is 1. The Morgan fingerprint density at radius 3 is 2.13 bits per heavy atom. The van der Waals surface area contributed by atoms with Gasteiger partial charge in [0.15, 0.2) is 0 Å². The van der Waals surface area contributed by atoms with Crippen LogP contribution in [0.25, 0.3) is 22.0 Å². The molecule has 10 heteroatoms. The average Bonchev–Trinajstić information content (AvgIpc) is 3.54. The van der Waals surface area contributed by atoms with Crippen LogP contribution in [0.1, 0.15) is 50.3 Å². The third-order valence-electron chi connectivity index (χ3n) is 7.47. The van der Waals surface area contributed by atoms with Crippen LogP contribution >= 0.6 is 0 Å². The van der Waals surface area contributed by atoms with E-state index in [0.29, 0.717) is 16.5 Å². The van der Waals surface area contributed by atoms with Crippen molar-refractivity contribution in [2.75, 3.05) is 19.8 Å². The SMILES string of the molecule is CCOC(=O)CNC(=O)[C@H](Cc1cn(C(=O)OC(C)(C)C)c2ccccc12)NC(=O)OCC1c2ccccc2-c2ccccc21. The Kier molecular flexibility index (Phi) is 9.22. The van der Waals surface area contributed by atoms with Crippen LogP contribution in [-0.4, -0.2) is 60.0 Å². The number of carbonyl (C=O) groups excluding carboxylic acids is 4. The van der Waals surface area contributed by atoms with Crippen molar-refractivity contribution in [3.05, 3.63) is 95.7 Å². The minimum absolute atomic E-state index is 0.00909. The van der Waals surface area contributed by atoms with Crippen LogP contribution in [0, 0.1) is 0 Å². The largest absolute Gasteiger partial charge is 0.465 e. The first kappa shape index (κ1) is 31.3. The summed E-state index contributed by atoms with van der Waals surface area (Å²) in [6.07, 6.45) is 0.251. The van der Waals surface area contributed by atoms with Crippen molar-refractivity contribution >= 4 is 35.0 Å². The Hall–Kier alpha value is -5.12. The topological polar surface area (TPSA) is 125 Å². The Morgan fingerprint density at radius 1 is 0.867 bits per heavy atom. The van der Waals surface area contributed by atoms with Gasteiger partial charge in [-0.25, -0.2) is 9.59 Å². The number of amides is 2. The maximum absolute atomic E-state index is 13.4. The molecule has 0 saturated carbocycles. The smallest absolute Gasteiger partial charge is 0.419 e. The first-order chi connectivity index (χ1) is 21.6. The molecule has 1 aliphatic carbocycles. The molecule has 1 aliphatic rings. The van der Waals surface area contributed by atoms with Crippen LogP contribution in [-0.2, 0) is 30.2 Å². The minimum atomic E-state index is -1.13. The highest BCUT2D eigenvalue weighted by Gasteiger charge is 2.31. The molecule has 0 unspecified atom stereocenters. The van der Waals surface area contributed by atoms with Crippen molar-refractivity contribution < 1.29 is 33.4 Å². The zero-order valence-corrected chi connectivity index (χ0v) is 25.8. The van der Waals surface area contributed by atoms with E-state index < -0.39 is 35.7 Å². The lowest BCUT2D eigenvalue weighted by atomic mass is 9.98. The molecule has 2 amide bonds. The lowest BCUT2D eigenvalue weighted by Gasteiger charge is -2.20. The molecule has 0 saturated heterocycles. The number of hydrogen-bond donors (Lipinski definition) is 2. The first-order valence-corrected chi connectivity index (χ1v) is 14.9. The number of alkyl carbamates (subject to hydrolysis) is 1. The number of rotatable bonds is 9. The van der Waals surface area contributed by atoms with Crippen LogP contribution in [0.4, 0.5) is 9.59 Å². The quantitative estimate of drug-likeness (QED) is 0.188. The van der Waals surface area contributed by atoms with Crippen molar-refractivity contribution in [2.24, 2.45) is 0 Å². The van der Waals surface area contributed by atoms with E-state index in [1.165, 1.54) is 4.57 Å². The molecule has 0 bridgehead atoms. The van der Waals surface area contributed by atoms with Crippen molar-refractivity contribution in [2.45, 2.75) is 51.7 Å². The third kappa shape index (κ3) is 7.17. The van der Waals surface area contributed by atoms with Crippen LogP contribution in [0.15, 0.2) is 79.0 Å². The summed E-state index contributed by atoms with van der Waals surface area (Å²) in [5.41, 5.74) is 4.80. The highest BCUT2D eigenvalue weighted by atomic mass is 16.6. The summed E-state index contributed by atoms with van der Waals surface area (Å²) in [5, 5.41) is 5.94. The lowest BCUT2D eigenvalue weighted by Crippen LogP contribution is -2.49. The fourth-order valence-corrected chi connectivity index (χ4v) is 5.58. The maximum Gasteiger partial charge on any atom is 0.419 e. The summed E-state index contributed by atoms with van der Waals surface area (Å²) in [6.45, 7) is 6.87. The van der Waals surface area contributed by atoms with E-state index in [-0.39, 0.29) is 32.1 Å². The highest BCUT2D eigenvalue weighted by Crippen LogP contribution is 2.44. The molecule has 0 spiro atoms. The highest BCUT2D eigenvalue weighted by molar-refractivity contribution is 5.94.